The van der Waals surface area contributed by atoms with Crippen LogP contribution in [-0.2, 0) is 0 Å². The first-order chi connectivity index (χ1) is 16.4. The number of pyridine rings is 3. The van der Waals surface area contributed by atoms with E-state index in [1.807, 2.05) is 41.3 Å². The number of piperazine rings is 1. The molecule has 0 aromatic carbocycles. The van der Waals surface area contributed by atoms with Crippen LogP contribution in [0.3, 0.4) is 0 Å². The standard InChI is InChI=1S/C23H22F3N7S/c24-23(25,26)6-10-32-11-13-33(14-12-32)17-5-9-28-20(15-17)31-22-30-19-2-1-18(29-21(19)34-22)16-3-7-27-8-4-16/h1-5,7-9,15H,6,10-14H2,(H,28,30,31). The Morgan fingerprint density at radius 3 is 2.50 bits per heavy atom. The maximum atomic E-state index is 12.5. The van der Waals surface area contributed by atoms with Crippen LogP contribution in [-0.4, -0.2) is 63.7 Å². The fourth-order valence-corrected chi connectivity index (χ4v) is 4.71. The van der Waals surface area contributed by atoms with E-state index >= 15 is 0 Å². The van der Waals surface area contributed by atoms with Gasteiger partial charge in [-0.25, -0.2) is 15.0 Å². The van der Waals surface area contributed by atoms with Gasteiger partial charge in [0.1, 0.15) is 16.2 Å². The van der Waals surface area contributed by atoms with Gasteiger partial charge in [0.2, 0.25) is 0 Å². The van der Waals surface area contributed by atoms with E-state index in [1.165, 1.54) is 11.3 Å². The first-order valence-corrected chi connectivity index (χ1v) is 11.7. The Hall–Kier alpha value is -3.31. The minimum atomic E-state index is -4.11. The summed E-state index contributed by atoms with van der Waals surface area (Å²) in [6.07, 6.45) is 0.321. The predicted octanol–water partition coefficient (Wildman–Crippen LogP) is 4.97. The molecule has 176 valence electrons. The molecule has 1 fully saturated rings. The van der Waals surface area contributed by atoms with Gasteiger partial charge in [-0.05, 0) is 30.3 Å². The summed E-state index contributed by atoms with van der Waals surface area (Å²) in [5, 5.41) is 3.95. The zero-order chi connectivity index (χ0) is 23.5. The lowest BCUT2D eigenvalue weighted by atomic mass is 10.2. The molecule has 4 aromatic rings. The van der Waals surface area contributed by atoms with Crippen molar-refractivity contribution in [1.82, 2.24) is 24.8 Å². The molecule has 7 nitrogen and oxygen atoms in total. The van der Waals surface area contributed by atoms with Crippen LogP contribution < -0.4 is 10.2 Å². The van der Waals surface area contributed by atoms with Crippen LogP contribution >= 0.6 is 11.3 Å². The van der Waals surface area contributed by atoms with Crippen LogP contribution in [0.2, 0.25) is 0 Å². The number of rotatable bonds is 6. The van der Waals surface area contributed by atoms with E-state index in [2.05, 4.69) is 25.2 Å². The van der Waals surface area contributed by atoms with E-state index in [0.717, 1.165) is 27.3 Å². The van der Waals surface area contributed by atoms with Crippen molar-refractivity contribution in [1.29, 1.82) is 0 Å². The first kappa shape index (κ1) is 22.5. The maximum Gasteiger partial charge on any atom is 0.390 e. The van der Waals surface area contributed by atoms with Gasteiger partial charge in [0.25, 0.3) is 0 Å². The van der Waals surface area contributed by atoms with Gasteiger partial charge in [0, 0.05) is 68.6 Å². The summed E-state index contributed by atoms with van der Waals surface area (Å²) in [5.41, 5.74) is 3.64. The summed E-state index contributed by atoms with van der Waals surface area (Å²) >= 11 is 1.45. The average molecular weight is 486 g/mol. The van der Waals surface area contributed by atoms with Gasteiger partial charge in [-0.1, -0.05) is 11.3 Å². The van der Waals surface area contributed by atoms with Crippen molar-refractivity contribution in [2.75, 3.05) is 42.9 Å². The fraction of sp³-hybridized carbons (Fsp3) is 0.304. The number of nitrogens with zero attached hydrogens (tertiary/aromatic N) is 6. The number of halogens is 3. The molecule has 0 unspecified atom stereocenters. The number of fused-ring (bicyclic) bond motifs is 1. The minimum absolute atomic E-state index is 0.0506. The summed E-state index contributed by atoms with van der Waals surface area (Å²) in [6, 6.07) is 11.6. The molecule has 0 radical (unpaired) electrons. The molecule has 0 amide bonds. The van der Waals surface area contributed by atoms with Crippen molar-refractivity contribution in [3.8, 4) is 11.3 Å². The largest absolute Gasteiger partial charge is 0.390 e. The molecule has 0 aliphatic carbocycles. The van der Waals surface area contributed by atoms with Crippen molar-refractivity contribution in [2.24, 2.45) is 0 Å². The van der Waals surface area contributed by atoms with Gasteiger partial charge in [-0.3, -0.25) is 9.88 Å². The van der Waals surface area contributed by atoms with Crippen LogP contribution in [0, 0.1) is 0 Å². The SMILES string of the molecule is FC(F)(F)CCN1CCN(c2ccnc(Nc3nc4ccc(-c5ccncc5)nc4s3)c2)CC1. The van der Waals surface area contributed by atoms with Crippen molar-refractivity contribution in [3.63, 3.8) is 0 Å². The normalized spacial score (nSPS) is 15.1. The highest BCUT2D eigenvalue weighted by Crippen LogP contribution is 2.30. The third-order valence-electron chi connectivity index (χ3n) is 5.66. The molecule has 0 atom stereocenters. The lowest BCUT2D eigenvalue weighted by Gasteiger charge is -2.36. The Morgan fingerprint density at radius 2 is 1.74 bits per heavy atom. The summed E-state index contributed by atoms with van der Waals surface area (Å²) in [4.78, 5) is 22.6. The number of hydrogen-bond acceptors (Lipinski definition) is 8. The van der Waals surface area contributed by atoms with E-state index in [9.17, 15) is 13.2 Å². The van der Waals surface area contributed by atoms with E-state index in [-0.39, 0.29) is 6.54 Å². The van der Waals surface area contributed by atoms with Crippen LogP contribution in [0.5, 0.6) is 0 Å². The topological polar surface area (TPSA) is 70.1 Å². The molecular weight excluding hydrogens is 463 g/mol. The van der Waals surface area contributed by atoms with Gasteiger partial charge in [0.05, 0.1) is 12.1 Å². The highest BCUT2D eigenvalue weighted by atomic mass is 32.1. The fourth-order valence-electron chi connectivity index (χ4n) is 3.86. The quantitative estimate of drug-likeness (QED) is 0.414. The Morgan fingerprint density at radius 1 is 0.941 bits per heavy atom. The number of thiazole rings is 1. The van der Waals surface area contributed by atoms with Crippen LogP contribution in [0.4, 0.5) is 29.8 Å². The number of aromatic nitrogens is 4. The third kappa shape index (κ3) is 5.42. The molecule has 4 aromatic heterocycles. The third-order valence-corrected chi connectivity index (χ3v) is 6.54. The zero-order valence-electron chi connectivity index (χ0n) is 18.2. The lowest BCUT2D eigenvalue weighted by molar-refractivity contribution is -0.138. The van der Waals surface area contributed by atoms with E-state index in [4.69, 9.17) is 4.98 Å². The Labute approximate surface area is 198 Å². The number of alkyl halides is 3. The van der Waals surface area contributed by atoms with E-state index in [0.29, 0.717) is 37.1 Å². The summed E-state index contributed by atoms with van der Waals surface area (Å²) < 4.78 is 37.4. The van der Waals surface area contributed by atoms with Crippen molar-refractivity contribution < 1.29 is 13.2 Å². The van der Waals surface area contributed by atoms with Gasteiger partial charge in [-0.15, -0.1) is 0 Å². The van der Waals surface area contributed by atoms with Gasteiger partial charge in [0.15, 0.2) is 5.13 Å². The molecule has 1 N–H and O–H groups in total. The smallest absolute Gasteiger partial charge is 0.369 e. The van der Waals surface area contributed by atoms with E-state index in [1.54, 1.807) is 18.6 Å². The van der Waals surface area contributed by atoms with Gasteiger partial charge >= 0.3 is 6.18 Å². The molecular formula is C23H22F3N7S. The van der Waals surface area contributed by atoms with Crippen molar-refractivity contribution >= 4 is 38.3 Å². The second-order valence-corrected chi connectivity index (χ2v) is 8.97. The van der Waals surface area contributed by atoms with Crippen LogP contribution in [0.1, 0.15) is 6.42 Å². The number of anilines is 3. The zero-order valence-corrected chi connectivity index (χ0v) is 19.0. The number of hydrogen-bond donors (Lipinski definition) is 1. The lowest BCUT2D eigenvalue weighted by Crippen LogP contribution is -2.47. The second-order valence-electron chi connectivity index (χ2n) is 7.99. The average Bonchev–Trinajstić information content (AvgIpc) is 3.25. The second kappa shape index (κ2) is 9.51. The molecule has 1 saturated heterocycles. The van der Waals surface area contributed by atoms with Crippen LogP contribution in [0.25, 0.3) is 21.6 Å². The van der Waals surface area contributed by atoms with E-state index < -0.39 is 12.6 Å². The van der Waals surface area contributed by atoms with Crippen molar-refractivity contribution in [2.45, 2.75) is 12.6 Å². The van der Waals surface area contributed by atoms with Gasteiger partial charge < -0.3 is 10.2 Å². The Bertz CT molecular complexity index is 1250. The van der Waals surface area contributed by atoms with Gasteiger partial charge in [-0.2, -0.15) is 13.2 Å². The Balaban J connectivity index is 1.24. The summed E-state index contributed by atoms with van der Waals surface area (Å²) in [6.45, 7) is 2.60. The molecule has 34 heavy (non-hydrogen) atoms. The molecule has 5 heterocycles. The molecule has 1 aliphatic rings. The molecule has 0 saturated carbocycles. The molecule has 11 heteroatoms. The predicted molar refractivity (Wildman–Crippen MR) is 127 cm³/mol. The van der Waals surface area contributed by atoms with Crippen LogP contribution in [0.15, 0.2) is 55.0 Å². The summed E-state index contributed by atoms with van der Waals surface area (Å²) in [5.74, 6) is 0.658. The molecule has 0 spiro atoms. The molecule has 5 rings (SSSR count). The Kier molecular flexibility index (Phi) is 6.29. The number of nitrogens with one attached hydrogen (secondary N) is 1. The van der Waals surface area contributed by atoms with Crippen molar-refractivity contribution in [3.05, 3.63) is 55.0 Å². The monoisotopic (exact) mass is 485 g/mol. The minimum Gasteiger partial charge on any atom is -0.369 e. The molecule has 1 aliphatic heterocycles. The summed E-state index contributed by atoms with van der Waals surface area (Å²) in [7, 11) is 0. The molecule has 0 bridgehead atoms. The first-order valence-electron chi connectivity index (χ1n) is 10.9. The highest BCUT2D eigenvalue weighted by Gasteiger charge is 2.28. The highest BCUT2D eigenvalue weighted by molar-refractivity contribution is 7.21. The maximum absolute atomic E-state index is 12.5.